The number of likely N-dealkylation sites (tertiary alicyclic amines) is 1. The summed E-state index contributed by atoms with van der Waals surface area (Å²) in [6.45, 7) is 3.46. The molecule has 0 radical (unpaired) electrons. The Morgan fingerprint density at radius 1 is 1.27 bits per heavy atom. The molecule has 0 bridgehead atoms. The van der Waals surface area contributed by atoms with Crippen molar-refractivity contribution in [3.63, 3.8) is 0 Å². The molecule has 172 valence electrons. The Kier molecular flexibility index (Phi) is 5.88. The summed E-state index contributed by atoms with van der Waals surface area (Å²) in [6, 6.07) is 3.48. The summed E-state index contributed by atoms with van der Waals surface area (Å²) in [7, 11) is 1.42. The summed E-state index contributed by atoms with van der Waals surface area (Å²) >= 11 is 12.5. The Morgan fingerprint density at radius 3 is 2.70 bits per heavy atom. The van der Waals surface area contributed by atoms with Crippen LogP contribution in [0.5, 0.6) is 0 Å². The summed E-state index contributed by atoms with van der Waals surface area (Å²) < 4.78 is 46.1. The van der Waals surface area contributed by atoms with Crippen LogP contribution in [0.15, 0.2) is 42.0 Å². The van der Waals surface area contributed by atoms with Crippen molar-refractivity contribution in [1.82, 2.24) is 14.5 Å². The predicted octanol–water partition coefficient (Wildman–Crippen LogP) is 4.38. The summed E-state index contributed by atoms with van der Waals surface area (Å²) in [5.41, 5.74) is -3.02. The molecule has 0 spiro atoms. The molecular formula is C22H17Cl2F3N4O2. The monoisotopic (exact) mass is 496 g/mol. The third-order valence-electron chi connectivity index (χ3n) is 5.74. The average molecular weight is 497 g/mol. The zero-order valence-corrected chi connectivity index (χ0v) is 18.8. The van der Waals surface area contributed by atoms with Crippen LogP contribution in [0.4, 0.5) is 18.9 Å². The lowest BCUT2D eigenvalue weighted by molar-refractivity contribution is -0.125. The van der Waals surface area contributed by atoms with Gasteiger partial charge in [0.05, 0.1) is 33.0 Å². The number of benzene rings is 2. The van der Waals surface area contributed by atoms with Crippen LogP contribution in [0.2, 0.25) is 10.0 Å². The van der Waals surface area contributed by atoms with E-state index in [4.69, 9.17) is 23.2 Å². The fourth-order valence-corrected chi connectivity index (χ4v) is 4.59. The fourth-order valence-electron chi connectivity index (χ4n) is 4.10. The van der Waals surface area contributed by atoms with Crippen LogP contribution in [0, 0.1) is 17.5 Å². The molecule has 2 aromatic carbocycles. The highest BCUT2D eigenvalue weighted by Crippen LogP contribution is 2.43. The van der Waals surface area contributed by atoms with Gasteiger partial charge in [0, 0.05) is 25.7 Å². The number of anilines is 1. The van der Waals surface area contributed by atoms with Crippen molar-refractivity contribution in [3.8, 4) is 0 Å². The largest absolute Gasteiger partial charge is 0.371 e. The van der Waals surface area contributed by atoms with E-state index in [0.29, 0.717) is 0 Å². The Balaban J connectivity index is 1.94. The number of carbonyl (C=O) groups is 1. The first-order valence-corrected chi connectivity index (χ1v) is 10.5. The van der Waals surface area contributed by atoms with Crippen LogP contribution >= 0.6 is 23.2 Å². The maximum absolute atomic E-state index is 15.1. The molecule has 0 saturated carbocycles. The molecule has 1 aliphatic rings. The third-order valence-corrected chi connectivity index (χ3v) is 6.55. The van der Waals surface area contributed by atoms with Crippen molar-refractivity contribution in [2.75, 3.05) is 18.4 Å². The van der Waals surface area contributed by atoms with Gasteiger partial charge in [-0.25, -0.2) is 18.2 Å². The Morgan fingerprint density at radius 2 is 2.00 bits per heavy atom. The van der Waals surface area contributed by atoms with E-state index in [9.17, 15) is 14.0 Å². The lowest BCUT2D eigenvalue weighted by Crippen LogP contribution is -2.41. The van der Waals surface area contributed by atoms with Gasteiger partial charge in [0.2, 0.25) is 5.91 Å². The van der Waals surface area contributed by atoms with Gasteiger partial charge in [-0.3, -0.25) is 9.59 Å². The molecule has 1 amide bonds. The molecule has 1 N–H and O–H groups in total. The topological polar surface area (TPSA) is 67.2 Å². The molecule has 1 aromatic heterocycles. The second-order valence-corrected chi connectivity index (χ2v) is 8.53. The van der Waals surface area contributed by atoms with E-state index in [1.807, 2.05) is 0 Å². The van der Waals surface area contributed by atoms with Crippen LogP contribution in [-0.4, -0.2) is 33.4 Å². The number of halogens is 5. The van der Waals surface area contributed by atoms with E-state index in [1.165, 1.54) is 18.0 Å². The summed E-state index contributed by atoms with van der Waals surface area (Å²) in [4.78, 5) is 29.9. The van der Waals surface area contributed by atoms with Gasteiger partial charge in [-0.2, -0.15) is 0 Å². The molecule has 4 rings (SSSR count). The van der Waals surface area contributed by atoms with Gasteiger partial charge in [-0.1, -0.05) is 29.8 Å². The number of aromatic nitrogens is 2. The highest BCUT2D eigenvalue weighted by Gasteiger charge is 2.45. The molecular weight excluding hydrogens is 480 g/mol. The van der Waals surface area contributed by atoms with E-state index in [-0.39, 0.29) is 40.5 Å². The van der Waals surface area contributed by atoms with Crippen LogP contribution in [-0.2, 0) is 17.4 Å². The number of fused-ring (bicyclic) bond motifs is 1. The third kappa shape index (κ3) is 3.75. The normalized spacial score (nSPS) is 18.1. The molecule has 1 atom stereocenters. The number of nitrogens with one attached hydrogen (secondary N) is 1. The van der Waals surface area contributed by atoms with E-state index >= 15 is 8.78 Å². The average Bonchev–Trinajstić information content (AvgIpc) is 3.21. The van der Waals surface area contributed by atoms with Gasteiger partial charge in [0.1, 0.15) is 11.3 Å². The number of hydrogen-bond acceptors (Lipinski definition) is 4. The first-order chi connectivity index (χ1) is 15.6. The second-order valence-electron chi connectivity index (χ2n) is 7.75. The van der Waals surface area contributed by atoms with E-state index in [1.54, 1.807) is 0 Å². The first-order valence-electron chi connectivity index (χ1n) is 9.76. The van der Waals surface area contributed by atoms with Gasteiger partial charge in [-0.15, -0.1) is 0 Å². The molecule has 0 unspecified atom stereocenters. The molecule has 6 nitrogen and oxygen atoms in total. The molecule has 1 aliphatic heterocycles. The fraction of sp³-hybridized carbons (Fsp3) is 0.227. The number of aryl methyl sites for hydroxylation is 1. The predicted molar refractivity (Wildman–Crippen MR) is 120 cm³/mol. The Bertz CT molecular complexity index is 1380. The van der Waals surface area contributed by atoms with Crippen LogP contribution in [0.25, 0.3) is 10.9 Å². The molecule has 1 saturated heterocycles. The van der Waals surface area contributed by atoms with Crippen molar-refractivity contribution < 1.29 is 18.0 Å². The molecule has 2 heterocycles. The SMILES string of the molecule is C=CC(=O)N1CC[C@@](Nc2cc3c(=O)n(C)cnc3c(F)c2F)(c2c(F)ccc(Cl)c2Cl)C1. The van der Waals surface area contributed by atoms with Crippen molar-refractivity contribution in [1.29, 1.82) is 0 Å². The van der Waals surface area contributed by atoms with Crippen LogP contribution < -0.4 is 10.9 Å². The quantitative estimate of drug-likeness (QED) is 0.429. The lowest BCUT2D eigenvalue weighted by atomic mass is 9.87. The summed E-state index contributed by atoms with van der Waals surface area (Å²) in [6.07, 6.45) is 2.27. The zero-order chi connectivity index (χ0) is 24.1. The second kappa shape index (κ2) is 8.39. The van der Waals surface area contributed by atoms with Gasteiger partial charge in [-0.05, 0) is 30.7 Å². The standard InChI is InChI=1S/C22H17Cl2F3N4O2/c1-3-15(32)31-7-6-22(9-31,16-13(25)5-4-12(23)17(16)24)29-14-8-11-20(19(27)18(14)26)28-10-30(2)21(11)33/h3-5,8,10,29H,1,6-7,9H2,2H3/t22-/m0/s1. The van der Waals surface area contributed by atoms with E-state index in [2.05, 4.69) is 16.9 Å². The summed E-state index contributed by atoms with van der Waals surface area (Å²) in [5, 5.41) is 2.58. The van der Waals surface area contributed by atoms with Crippen LogP contribution in [0.3, 0.4) is 0 Å². The minimum Gasteiger partial charge on any atom is -0.371 e. The van der Waals surface area contributed by atoms with Gasteiger partial charge >= 0.3 is 0 Å². The minimum absolute atomic E-state index is 0.0472. The molecule has 1 fully saturated rings. The van der Waals surface area contributed by atoms with Gasteiger partial charge in [0.15, 0.2) is 11.6 Å². The molecule has 33 heavy (non-hydrogen) atoms. The Hall–Kier alpha value is -3.04. The smallest absolute Gasteiger partial charge is 0.261 e. The van der Waals surface area contributed by atoms with E-state index < -0.39 is 45.7 Å². The molecule has 11 heteroatoms. The number of hydrogen-bond donors (Lipinski definition) is 1. The number of carbonyl (C=O) groups excluding carboxylic acids is 1. The number of nitrogens with zero attached hydrogens (tertiary/aromatic N) is 3. The highest BCUT2D eigenvalue weighted by atomic mass is 35.5. The van der Waals surface area contributed by atoms with Crippen molar-refractivity contribution in [2.24, 2.45) is 7.05 Å². The minimum atomic E-state index is -1.47. The highest BCUT2D eigenvalue weighted by molar-refractivity contribution is 6.42. The molecule has 3 aromatic rings. The summed E-state index contributed by atoms with van der Waals surface area (Å²) in [5.74, 6) is -3.82. The first kappa shape index (κ1) is 23.1. The Labute approximate surface area is 196 Å². The maximum Gasteiger partial charge on any atom is 0.261 e. The molecule has 0 aliphatic carbocycles. The van der Waals surface area contributed by atoms with Crippen molar-refractivity contribution >= 4 is 45.7 Å². The number of amides is 1. The van der Waals surface area contributed by atoms with Crippen molar-refractivity contribution in [2.45, 2.75) is 12.0 Å². The zero-order valence-electron chi connectivity index (χ0n) is 17.3. The maximum atomic E-state index is 15.1. The number of rotatable bonds is 4. The van der Waals surface area contributed by atoms with Crippen molar-refractivity contribution in [3.05, 3.63) is 80.6 Å². The lowest BCUT2D eigenvalue weighted by Gasteiger charge is -2.33. The van der Waals surface area contributed by atoms with Crippen LogP contribution in [0.1, 0.15) is 12.0 Å². The van der Waals surface area contributed by atoms with Gasteiger partial charge in [0.25, 0.3) is 5.56 Å². The van der Waals surface area contributed by atoms with E-state index in [0.717, 1.165) is 29.1 Å². The van der Waals surface area contributed by atoms with Gasteiger partial charge < -0.3 is 14.8 Å².